The molecule has 0 radical (unpaired) electrons. The van der Waals surface area contributed by atoms with Gasteiger partial charge in [-0.05, 0) is 44.0 Å². The molecule has 29 heavy (non-hydrogen) atoms. The molecule has 0 saturated heterocycles. The molecule has 6 heteroatoms. The Morgan fingerprint density at radius 3 is 2.38 bits per heavy atom. The lowest BCUT2D eigenvalue weighted by atomic mass is 10.0. The molecule has 0 fully saturated rings. The van der Waals surface area contributed by atoms with Gasteiger partial charge in [-0.3, -0.25) is 4.79 Å². The number of esters is 1. The molecule has 2 atom stereocenters. The van der Waals surface area contributed by atoms with Crippen molar-refractivity contribution in [2.24, 2.45) is 0 Å². The van der Waals surface area contributed by atoms with E-state index in [1.807, 2.05) is 37.3 Å². The summed E-state index contributed by atoms with van der Waals surface area (Å²) in [6.45, 7) is 5.97. The maximum atomic E-state index is 12.6. The van der Waals surface area contributed by atoms with E-state index in [0.29, 0.717) is 18.1 Å². The van der Waals surface area contributed by atoms with E-state index in [2.05, 4.69) is 12.2 Å². The number of amides is 1. The molecular formula is C23H29NO5. The Balaban J connectivity index is 2.03. The maximum Gasteiger partial charge on any atom is 0.339 e. The van der Waals surface area contributed by atoms with E-state index >= 15 is 0 Å². The van der Waals surface area contributed by atoms with Crippen LogP contribution in [0.1, 0.15) is 55.6 Å². The lowest BCUT2D eigenvalue weighted by molar-refractivity contribution is -0.129. The zero-order valence-corrected chi connectivity index (χ0v) is 17.4. The molecule has 6 nitrogen and oxygen atoms in total. The summed E-state index contributed by atoms with van der Waals surface area (Å²) in [5.74, 6) is 0.0485. The van der Waals surface area contributed by atoms with E-state index in [4.69, 9.17) is 14.2 Å². The van der Waals surface area contributed by atoms with E-state index in [0.717, 1.165) is 18.4 Å². The fourth-order valence-corrected chi connectivity index (χ4v) is 2.94. The molecule has 0 aliphatic rings. The van der Waals surface area contributed by atoms with Crippen molar-refractivity contribution in [3.63, 3.8) is 0 Å². The zero-order valence-electron chi connectivity index (χ0n) is 17.4. The van der Waals surface area contributed by atoms with Crippen molar-refractivity contribution in [2.75, 3.05) is 13.7 Å². The first-order valence-corrected chi connectivity index (χ1v) is 9.87. The van der Waals surface area contributed by atoms with E-state index < -0.39 is 12.1 Å². The van der Waals surface area contributed by atoms with Crippen molar-refractivity contribution in [1.82, 2.24) is 5.32 Å². The van der Waals surface area contributed by atoms with Crippen LogP contribution in [0.5, 0.6) is 11.5 Å². The summed E-state index contributed by atoms with van der Waals surface area (Å²) < 4.78 is 16.1. The minimum absolute atomic E-state index is 0.125. The smallest absolute Gasteiger partial charge is 0.339 e. The van der Waals surface area contributed by atoms with E-state index in [-0.39, 0.29) is 17.5 Å². The van der Waals surface area contributed by atoms with Gasteiger partial charge in [0.05, 0.1) is 25.3 Å². The van der Waals surface area contributed by atoms with Crippen molar-refractivity contribution in [2.45, 2.75) is 45.8 Å². The lowest BCUT2D eigenvalue weighted by Gasteiger charge is -2.21. The van der Waals surface area contributed by atoms with Crippen LogP contribution in [0.2, 0.25) is 0 Å². The SMILES string of the molecule is CCC[C@H](NC(=O)[C@H](C)OC(=O)c1ccc(OCC)c(OC)c1)c1ccccc1. The van der Waals surface area contributed by atoms with Gasteiger partial charge in [-0.1, -0.05) is 43.7 Å². The van der Waals surface area contributed by atoms with Crippen molar-refractivity contribution < 1.29 is 23.8 Å². The van der Waals surface area contributed by atoms with Crippen LogP contribution in [0, 0.1) is 0 Å². The lowest BCUT2D eigenvalue weighted by Crippen LogP contribution is -2.38. The fraction of sp³-hybridized carbons (Fsp3) is 0.391. The molecule has 0 heterocycles. The summed E-state index contributed by atoms with van der Waals surface area (Å²) in [5.41, 5.74) is 1.32. The van der Waals surface area contributed by atoms with Crippen molar-refractivity contribution in [3.05, 3.63) is 59.7 Å². The first-order chi connectivity index (χ1) is 14.0. The molecule has 156 valence electrons. The second kappa shape index (κ2) is 11.1. The van der Waals surface area contributed by atoms with Crippen LogP contribution in [-0.4, -0.2) is 31.7 Å². The fourth-order valence-electron chi connectivity index (χ4n) is 2.94. The third-order valence-electron chi connectivity index (χ3n) is 4.45. The molecule has 1 N–H and O–H groups in total. The van der Waals surface area contributed by atoms with Crippen molar-refractivity contribution >= 4 is 11.9 Å². The van der Waals surface area contributed by atoms with Gasteiger partial charge in [0.25, 0.3) is 5.91 Å². The molecule has 0 unspecified atom stereocenters. The Morgan fingerprint density at radius 2 is 1.76 bits per heavy atom. The summed E-state index contributed by atoms with van der Waals surface area (Å²) >= 11 is 0. The largest absolute Gasteiger partial charge is 0.493 e. The number of rotatable bonds is 10. The van der Waals surface area contributed by atoms with Crippen LogP contribution in [-0.2, 0) is 9.53 Å². The number of hydrogen-bond acceptors (Lipinski definition) is 5. The number of nitrogens with one attached hydrogen (secondary N) is 1. The van der Waals surface area contributed by atoms with Gasteiger partial charge in [0, 0.05) is 0 Å². The molecule has 0 aliphatic heterocycles. The second-order valence-electron chi connectivity index (χ2n) is 6.61. The summed E-state index contributed by atoms with van der Waals surface area (Å²) in [6.07, 6.45) is 0.787. The van der Waals surface area contributed by atoms with Gasteiger partial charge in [-0.15, -0.1) is 0 Å². The standard InChI is InChI=1S/C23H29NO5/c1-5-10-19(17-11-8-7-9-12-17)24-22(25)16(3)29-23(26)18-13-14-20(28-6-2)21(15-18)27-4/h7-9,11-16,19H,5-6,10H2,1-4H3,(H,24,25)/t16-,19-/m0/s1. The molecule has 2 aromatic carbocycles. The number of carbonyl (C=O) groups excluding carboxylic acids is 2. The van der Waals surface area contributed by atoms with Gasteiger partial charge < -0.3 is 19.5 Å². The Bertz CT molecular complexity index is 806. The third kappa shape index (κ3) is 6.24. The van der Waals surface area contributed by atoms with Crippen LogP contribution in [0.15, 0.2) is 48.5 Å². The van der Waals surface area contributed by atoms with Gasteiger partial charge in [0.2, 0.25) is 0 Å². The number of ether oxygens (including phenoxy) is 3. The second-order valence-corrected chi connectivity index (χ2v) is 6.61. The highest BCUT2D eigenvalue weighted by Gasteiger charge is 2.23. The molecular weight excluding hydrogens is 370 g/mol. The first-order valence-electron chi connectivity index (χ1n) is 9.87. The van der Waals surface area contributed by atoms with Crippen LogP contribution >= 0.6 is 0 Å². The average Bonchev–Trinajstić information content (AvgIpc) is 2.74. The van der Waals surface area contributed by atoms with Crippen molar-refractivity contribution in [1.29, 1.82) is 0 Å². The van der Waals surface area contributed by atoms with E-state index in [9.17, 15) is 9.59 Å². The van der Waals surface area contributed by atoms with Gasteiger partial charge >= 0.3 is 5.97 Å². The summed E-state index contributed by atoms with van der Waals surface area (Å²) in [7, 11) is 1.50. The summed E-state index contributed by atoms with van der Waals surface area (Å²) in [6, 6.07) is 14.4. The first kappa shape index (κ1) is 22.3. The topological polar surface area (TPSA) is 73.9 Å². The molecule has 0 bridgehead atoms. The van der Waals surface area contributed by atoms with Crippen LogP contribution in [0.4, 0.5) is 0 Å². The minimum atomic E-state index is -0.928. The number of benzene rings is 2. The van der Waals surface area contributed by atoms with E-state index in [1.165, 1.54) is 7.11 Å². The predicted octanol–water partition coefficient (Wildman–Crippen LogP) is 4.30. The van der Waals surface area contributed by atoms with Gasteiger partial charge in [0.1, 0.15) is 0 Å². The zero-order chi connectivity index (χ0) is 21.2. The number of hydrogen-bond donors (Lipinski definition) is 1. The van der Waals surface area contributed by atoms with Crippen LogP contribution in [0.3, 0.4) is 0 Å². The Kier molecular flexibility index (Phi) is 8.52. The minimum Gasteiger partial charge on any atom is -0.493 e. The molecule has 1 amide bonds. The monoisotopic (exact) mass is 399 g/mol. The Hall–Kier alpha value is -3.02. The van der Waals surface area contributed by atoms with Gasteiger partial charge in [0.15, 0.2) is 17.6 Å². The van der Waals surface area contributed by atoms with Gasteiger partial charge in [-0.25, -0.2) is 4.79 Å². The highest BCUT2D eigenvalue weighted by atomic mass is 16.5. The quantitative estimate of drug-likeness (QED) is 0.603. The summed E-state index contributed by atoms with van der Waals surface area (Å²) in [4.78, 5) is 25.1. The molecule has 0 spiro atoms. The Labute approximate surface area is 172 Å². The molecule has 2 rings (SSSR count). The average molecular weight is 399 g/mol. The number of methoxy groups -OCH3 is 1. The molecule has 2 aromatic rings. The van der Waals surface area contributed by atoms with Crippen LogP contribution < -0.4 is 14.8 Å². The van der Waals surface area contributed by atoms with Crippen molar-refractivity contribution in [3.8, 4) is 11.5 Å². The van der Waals surface area contributed by atoms with Crippen LogP contribution in [0.25, 0.3) is 0 Å². The number of carbonyl (C=O) groups is 2. The molecule has 0 aromatic heterocycles. The van der Waals surface area contributed by atoms with E-state index in [1.54, 1.807) is 25.1 Å². The summed E-state index contributed by atoms with van der Waals surface area (Å²) in [5, 5.41) is 2.98. The Morgan fingerprint density at radius 1 is 1.03 bits per heavy atom. The van der Waals surface area contributed by atoms with Gasteiger partial charge in [-0.2, -0.15) is 0 Å². The molecule has 0 aliphatic carbocycles. The predicted molar refractivity (Wildman–Crippen MR) is 111 cm³/mol. The highest BCUT2D eigenvalue weighted by Crippen LogP contribution is 2.28. The molecule has 0 saturated carbocycles. The normalized spacial score (nSPS) is 12.6. The third-order valence-corrected chi connectivity index (χ3v) is 4.45. The highest BCUT2D eigenvalue weighted by molar-refractivity contribution is 5.93. The maximum absolute atomic E-state index is 12.6.